The molecule has 0 aromatic heterocycles. The molecule has 3 aromatic rings. The molecule has 0 radical (unpaired) electrons. The fourth-order valence-corrected chi connectivity index (χ4v) is 2.97. The quantitative estimate of drug-likeness (QED) is 0.559. The van der Waals surface area contributed by atoms with E-state index in [1.54, 1.807) is 4.90 Å². The third-order valence-corrected chi connectivity index (χ3v) is 4.68. The molecule has 0 saturated carbocycles. The summed E-state index contributed by atoms with van der Waals surface area (Å²) in [4.78, 5) is 14.5. The Hall–Kier alpha value is -2.83. The first-order chi connectivity index (χ1) is 12.7. The molecule has 3 heteroatoms. The fourth-order valence-electron chi connectivity index (χ4n) is 2.56. The molecular formula is C23H18BrNO. The van der Waals surface area contributed by atoms with Crippen LogP contribution in [0, 0.1) is 11.8 Å². The molecule has 0 bridgehead atoms. The SMILES string of the molecule is O=C(C#Cc1ccccc1)N(Cc1ccccc1)Cc1ccccc1Br. The molecule has 26 heavy (non-hydrogen) atoms. The molecule has 0 saturated heterocycles. The van der Waals surface area contributed by atoms with E-state index in [9.17, 15) is 4.79 Å². The maximum absolute atomic E-state index is 12.8. The average molecular weight is 404 g/mol. The third-order valence-electron chi connectivity index (χ3n) is 3.91. The van der Waals surface area contributed by atoms with Crippen molar-refractivity contribution in [3.63, 3.8) is 0 Å². The number of hydrogen-bond donors (Lipinski definition) is 0. The summed E-state index contributed by atoms with van der Waals surface area (Å²) in [6.07, 6.45) is 0. The molecule has 0 fully saturated rings. The number of amides is 1. The van der Waals surface area contributed by atoms with Crippen molar-refractivity contribution < 1.29 is 4.79 Å². The van der Waals surface area contributed by atoms with Crippen molar-refractivity contribution in [1.82, 2.24) is 4.90 Å². The molecule has 0 atom stereocenters. The van der Waals surface area contributed by atoms with Gasteiger partial charge in [-0.1, -0.05) is 88.6 Å². The molecule has 2 nitrogen and oxygen atoms in total. The van der Waals surface area contributed by atoms with Gasteiger partial charge in [-0.2, -0.15) is 0 Å². The van der Waals surface area contributed by atoms with Crippen LogP contribution in [-0.2, 0) is 17.9 Å². The Morgan fingerprint density at radius 1 is 0.808 bits per heavy atom. The molecule has 0 N–H and O–H groups in total. The van der Waals surface area contributed by atoms with Crippen molar-refractivity contribution in [2.45, 2.75) is 13.1 Å². The van der Waals surface area contributed by atoms with Crippen LogP contribution >= 0.6 is 15.9 Å². The van der Waals surface area contributed by atoms with Gasteiger partial charge in [0, 0.05) is 29.0 Å². The summed E-state index contributed by atoms with van der Waals surface area (Å²) < 4.78 is 0.988. The Kier molecular flexibility index (Phi) is 6.24. The molecular weight excluding hydrogens is 386 g/mol. The maximum Gasteiger partial charge on any atom is 0.299 e. The Balaban J connectivity index is 1.83. The van der Waals surface area contributed by atoms with Gasteiger partial charge in [-0.15, -0.1) is 0 Å². The van der Waals surface area contributed by atoms with Gasteiger partial charge >= 0.3 is 0 Å². The number of rotatable bonds is 4. The van der Waals surface area contributed by atoms with Crippen LogP contribution in [0.5, 0.6) is 0 Å². The van der Waals surface area contributed by atoms with Gasteiger partial charge < -0.3 is 4.90 Å². The summed E-state index contributed by atoms with van der Waals surface area (Å²) >= 11 is 3.56. The molecule has 0 aliphatic heterocycles. The van der Waals surface area contributed by atoms with E-state index < -0.39 is 0 Å². The Morgan fingerprint density at radius 2 is 1.42 bits per heavy atom. The van der Waals surface area contributed by atoms with Gasteiger partial charge in [-0.05, 0) is 29.3 Å². The summed E-state index contributed by atoms with van der Waals surface area (Å²) in [5.74, 6) is 5.55. The standard InChI is InChI=1S/C23H18BrNO/c24-22-14-8-7-13-21(22)18-25(17-20-11-5-2-6-12-20)23(26)16-15-19-9-3-1-4-10-19/h1-14H,17-18H2. The van der Waals surface area contributed by atoms with Crippen molar-refractivity contribution >= 4 is 21.8 Å². The topological polar surface area (TPSA) is 20.3 Å². The highest BCUT2D eigenvalue weighted by molar-refractivity contribution is 9.10. The van der Waals surface area contributed by atoms with Crippen LogP contribution in [0.2, 0.25) is 0 Å². The third kappa shape index (κ3) is 5.08. The number of benzene rings is 3. The number of carbonyl (C=O) groups excluding carboxylic acids is 1. The Labute approximate surface area is 162 Å². The van der Waals surface area contributed by atoms with Crippen molar-refractivity contribution in [1.29, 1.82) is 0 Å². The van der Waals surface area contributed by atoms with Crippen molar-refractivity contribution in [3.05, 3.63) is 106 Å². The van der Waals surface area contributed by atoms with Gasteiger partial charge in [0.05, 0.1) is 0 Å². The number of carbonyl (C=O) groups is 1. The molecule has 0 spiro atoms. The van der Waals surface area contributed by atoms with Crippen molar-refractivity contribution in [2.75, 3.05) is 0 Å². The lowest BCUT2D eigenvalue weighted by atomic mass is 10.1. The van der Waals surface area contributed by atoms with Crippen LogP contribution in [0.4, 0.5) is 0 Å². The molecule has 0 aliphatic carbocycles. The lowest BCUT2D eigenvalue weighted by Crippen LogP contribution is -2.29. The van der Waals surface area contributed by atoms with Crippen molar-refractivity contribution in [2.24, 2.45) is 0 Å². The predicted molar refractivity (Wildman–Crippen MR) is 108 cm³/mol. The molecule has 3 aromatic carbocycles. The van der Waals surface area contributed by atoms with E-state index in [2.05, 4.69) is 27.8 Å². The van der Waals surface area contributed by atoms with Gasteiger partial charge in [0.2, 0.25) is 0 Å². The lowest BCUT2D eigenvalue weighted by molar-refractivity contribution is -0.126. The van der Waals surface area contributed by atoms with Gasteiger partial charge in [0.25, 0.3) is 5.91 Å². The molecule has 0 aliphatic rings. The summed E-state index contributed by atoms with van der Waals surface area (Å²) in [6, 6.07) is 27.5. The fraction of sp³-hybridized carbons (Fsp3) is 0.0870. The zero-order valence-electron chi connectivity index (χ0n) is 14.2. The molecule has 0 heterocycles. The highest BCUT2D eigenvalue weighted by Crippen LogP contribution is 2.19. The number of halogens is 1. The molecule has 0 unspecified atom stereocenters. The van der Waals surface area contributed by atoms with E-state index in [0.29, 0.717) is 13.1 Å². The normalized spacial score (nSPS) is 9.88. The van der Waals surface area contributed by atoms with Crippen LogP contribution in [0.3, 0.4) is 0 Å². The van der Waals surface area contributed by atoms with E-state index in [1.165, 1.54) is 0 Å². The van der Waals surface area contributed by atoms with Crippen LogP contribution in [0.15, 0.2) is 89.4 Å². The summed E-state index contributed by atoms with van der Waals surface area (Å²) in [5, 5.41) is 0. The van der Waals surface area contributed by atoms with Gasteiger partial charge in [0.15, 0.2) is 0 Å². The second kappa shape index (κ2) is 9.03. The predicted octanol–water partition coefficient (Wildman–Crippen LogP) is 5.03. The van der Waals surface area contributed by atoms with E-state index in [-0.39, 0.29) is 5.91 Å². The monoisotopic (exact) mass is 403 g/mol. The van der Waals surface area contributed by atoms with Crippen LogP contribution in [-0.4, -0.2) is 10.8 Å². The van der Waals surface area contributed by atoms with E-state index >= 15 is 0 Å². The zero-order valence-corrected chi connectivity index (χ0v) is 15.8. The van der Waals surface area contributed by atoms with Crippen LogP contribution < -0.4 is 0 Å². The number of hydrogen-bond acceptors (Lipinski definition) is 1. The minimum absolute atomic E-state index is 0.187. The average Bonchev–Trinajstić information content (AvgIpc) is 2.69. The summed E-state index contributed by atoms with van der Waals surface area (Å²) in [5.41, 5.74) is 2.97. The zero-order chi connectivity index (χ0) is 18.2. The van der Waals surface area contributed by atoms with Gasteiger partial charge in [-0.25, -0.2) is 0 Å². The first-order valence-electron chi connectivity index (χ1n) is 8.35. The highest BCUT2D eigenvalue weighted by atomic mass is 79.9. The largest absolute Gasteiger partial charge is 0.323 e. The first-order valence-corrected chi connectivity index (χ1v) is 9.15. The first kappa shape index (κ1) is 18.0. The minimum Gasteiger partial charge on any atom is -0.323 e. The summed E-state index contributed by atoms with van der Waals surface area (Å²) in [7, 11) is 0. The highest BCUT2D eigenvalue weighted by Gasteiger charge is 2.14. The minimum atomic E-state index is -0.187. The summed E-state index contributed by atoms with van der Waals surface area (Å²) in [6.45, 7) is 1.02. The van der Waals surface area contributed by atoms with Crippen LogP contribution in [0.25, 0.3) is 0 Å². The van der Waals surface area contributed by atoms with E-state index in [4.69, 9.17) is 0 Å². The molecule has 3 rings (SSSR count). The maximum atomic E-state index is 12.8. The van der Waals surface area contributed by atoms with E-state index in [1.807, 2.05) is 84.9 Å². The molecule has 128 valence electrons. The second-order valence-corrected chi connectivity index (χ2v) is 6.71. The Morgan fingerprint density at radius 3 is 2.12 bits per heavy atom. The van der Waals surface area contributed by atoms with Crippen LogP contribution in [0.1, 0.15) is 16.7 Å². The second-order valence-electron chi connectivity index (χ2n) is 5.85. The smallest absolute Gasteiger partial charge is 0.299 e. The lowest BCUT2D eigenvalue weighted by Gasteiger charge is -2.21. The van der Waals surface area contributed by atoms with Gasteiger partial charge in [0.1, 0.15) is 0 Å². The van der Waals surface area contributed by atoms with E-state index in [0.717, 1.165) is 21.2 Å². The Bertz CT molecular complexity index is 926. The van der Waals surface area contributed by atoms with Gasteiger partial charge in [-0.3, -0.25) is 4.79 Å². The molecule has 1 amide bonds. The number of nitrogens with zero attached hydrogens (tertiary/aromatic N) is 1. The van der Waals surface area contributed by atoms with Crippen molar-refractivity contribution in [3.8, 4) is 11.8 Å².